The van der Waals surface area contributed by atoms with Gasteiger partial charge in [0.15, 0.2) is 0 Å². The molecule has 0 amide bonds. The van der Waals surface area contributed by atoms with Crippen molar-refractivity contribution in [2.24, 2.45) is 0 Å². The van der Waals surface area contributed by atoms with E-state index in [0.717, 1.165) is 27.4 Å². The highest BCUT2D eigenvalue weighted by Gasteiger charge is 2.22. The third-order valence-electron chi connectivity index (χ3n) is 5.95. The number of nitrogens with zero attached hydrogens (tertiary/aromatic N) is 3. The van der Waals surface area contributed by atoms with Crippen LogP contribution in [0.3, 0.4) is 0 Å². The van der Waals surface area contributed by atoms with E-state index in [0.29, 0.717) is 29.5 Å². The summed E-state index contributed by atoms with van der Waals surface area (Å²) in [5, 5.41) is 10.3. The van der Waals surface area contributed by atoms with Crippen molar-refractivity contribution in [3.63, 3.8) is 0 Å². The van der Waals surface area contributed by atoms with Crippen molar-refractivity contribution in [1.82, 2.24) is 14.8 Å². The minimum atomic E-state index is -0.599. The number of halogens is 2. The molecule has 0 unspecified atom stereocenters. The maximum Gasteiger partial charge on any atom is 0.244 e. The number of benzene rings is 3. The van der Waals surface area contributed by atoms with Crippen LogP contribution in [-0.4, -0.2) is 21.4 Å². The van der Waals surface area contributed by atoms with Gasteiger partial charge < -0.3 is 13.7 Å². The molecule has 5 nitrogen and oxygen atoms in total. The van der Waals surface area contributed by atoms with Crippen LogP contribution in [0.25, 0.3) is 44.5 Å². The predicted octanol–water partition coefficient (Wildman–Crippen LogP) is 6.67. The average molecular weight is 455 g/mol. The lowest BCUT2D eigenvalue weighted by Crippen LogP contribution is -2.08. The van der Waals surface area contributed by atoms with Crippen LogP contribution in [0.2, 0.25) is 0 Å². The molecule has 0 fully saturated rings. The molecule has 3 heterocycles. The van der Waals surface area contributed by atoms with Crippen molar-refractivity contribution in [2.45, 2.75) is 13.5 Å². The molecule has 6 rings (SSSR count). The third-order valence-corrected chi connectivity index (χ3v) is 5.95. The summed E-state index contributed by atoms with van der Waals surface area (Å²) in [6.07, 6.45) is 1.79. The number of hydrogen-bond acceptors (Lipinski definition) is 4. The van der Waals surface area contributed by atoms with E-state index in [9.17, 15) is 8.78 Å². The number of furan rings is 1. The lowest BCUT2D eigenvalue weighted by atomic mass is 10.0. The molecule has 0 bridgehead atoms. The van der Waals surface area contributed by atoms with Gasteiger partial charge in [-0.15, -0.1) is 10.2 Å². The van der Waals surface area contributed by atoms with Gasteiger partial charge in [0.2, 0.25) is 5.88 Å². The molecule has 168 valence electrons. The summed E-state index contributed by atoms with van der Waals surface area (Å²) in [6, 6.07) is 19.5. The topological polar surface area (TPSA) is 53.1 Å². The van der Waals surface area contributed by atoms with Gasteiger partial charge in [0.05, 0.1) is 24.2 Å². The normalized spacial score (nSPS) is 11.6. The van der Waals surface area contributed by atoms with Crippen molar-refractivity contribution < 1.29 is 17.9 Å². The predicted molar refractivity (Wildman–Crippen MR) is 126 cm³/mol. The first-order chi connectivity index (χ1) is 16.6. The van der Waals surface area contributed by atoms with Gasteiger partial charge in [0.1, 0.15) is 28.7 Å². The fourth-order valence-electron chi connectivity index (χ4n) is 4.32. The van der Waals surface area contributed by atoms with Gasteiger partial charge in [0.25, 0.3) is 0 Å². The Morgan fingerprint density at radius 1 is 0.941 bits per heavy atom. The summed E-state index contributed by atoms with van der Waals surface area (Å²) in [6.45, 7) is 2.29. The molecule has 0 aliphatic carbocycles. The second-order valence-electron chi connectivity index (χ2n) is 8.04. The van der Waals surface area contributed by atoms with Gasteiger partial charge in [-0.3, -0.25) is 0 Å². The Labute approximate surface area is 193 Å². The van der Waals surface area contributed by atoms with Crippen molar-refractivity contribution in [3.05, 3.63) is 90.1 Å². The Hall–Kier alpha value is -4.26. The Balaban J connectivity index is 1.58. The zero-order valence-electron chi connectivity index (χ0n) is 18.3. The molecular formula is C27H19F2N3O2. The van der Waals surface area contributed by atoms with Gasteiger partial charge >= 0.3 is 0 Å². The van der Waals surface area contributed by atoms with Crippen LogP contribution in [0.1, 0.15) is 12.5 Å². The van der Waals surface area contributed by atoms with E-state index in [2.05, 4.69) is 10.2 Å². The van der Waals surface area contributed by atoms with Crippen LogP contribution in [0.15, 0.2) is 77.3 Å². The van der Waals surface area contributed by atoms with Crippen molar-refractivity contribution in [1.29, 1.82) is 0 Å². The Morgan fingerprint density at radius 3 is 2.56 bits per heavy atom. The van der Waals surface area contributed by atoms with Crippen LogP contribution in [0.5, 0.6) is 5.88 Å². The highest BCUT2D eigenvalue weighted by atomic mass is 19.1. The molecule has 4 aromatic rings. The standard InChI is InChI=1S/C27H19F2N3O2/c1-2-33-27-20-15-32(14-19-21(28)7-5-8-22(19)29)23-12-17(10-11-18(23)26(20)30-31-27)25-13-16-6-3-4-9-24(16)34-25/h3-13,15H,2,14H2,1H3. The lowest BCUT2D eigenvalue weighted by Gasteiger charge is -2.16. The molecule has 0 radical (unpaired) electrons. The molecule has 0 saturated heterocycles. The number of fused-ring (bicyclic) bond motifs is 4. The van der Waals surface area contributed by atoms with E-state index in [1.54, 1.807) is 10.8 Å². The number of ether oxygens (including phenoxy) is 1. The first-order valence-corrected chi connectivity index (χ1v) is 11.0. The summed E-state index contributed by atoms with van der Waals surface area (Å²) in [4.78, 5) is 0. The van der Waals surface area contributed by atoms with E-state index >= 15 is 0 Å². The number of para-hydroxylation sites is 1. The molecule has 2 aliphatic rings. The van der Waals surface area contributed by atoms with Gasteiger partial charge in [0, 0.05) is 28.1 Å². The summed E-state index contributed by atoms with van der Waals surface area (Å²) >= 11 is 0. The zero-order valence-corrected chi connectivity index (χ0v) is 18.3. The third kappa shape index (κ3) is 3.28. The SMILES string of the molecule is CCOc1nnc2c3ccc(-c4cc5ccccc5o4)cc3n(Cc3c(F)cccc3F)cc1-2. The molecule has 1 aromatic heterocycles. The number of hydrogen-bond donors (Lipinski definition) is 0. The summed E-state index contributed by atoms with van der Waals surface area (Å²) in [7, 11) is 0. The lowest BCUT2D eigenvalue weighted by molar-refractivity contribution is 0.327. The Bertz CT molecular complexity index is 1580. The second-order valence-corrected chi connectivity index (χ2v) is 8.04. The van der Waals surface area contributed by atoms with Crippen molar-refractivity contribution in [3.8, 4) is 28.5 Å². The van der Waals surface area contributed by atoms with E-state index in [1.807, 2.05) is 55.5 Å². The molecule has 3 aromatic carbocycles. The molecule has 2 aliphatic heterocycles. The van der Waals surface area contributed by atoms with E-state index in [4.69, 9.17) is 9.15 Å². The first-order valence-electron chi connectivity index (χ1n) is 11.0. The highest BCUT2D eigenvalue weighted by Crippen LogP contribution is 2.38. The molecule has 0 N–H and O–H groups in total. The number of aromatic nitrogens is 3. The van der Waals surface area contributed by atoms with Gasteiger partial charge in [-0.1, -0.05) is 30.3 Å². The maximum atomic E-state index is 14.5. The Morgan fingerprint density at radius 2 is 1.76 bits per heavy atom. The first kappa shape index (κ1) is 20.4. The van der Waals surface area contributed by atoms with Crippen LogP contribution >= 0.6 is 0 Å². The van der Waals surface area contributed by atoms with Crippen LogP contribution in [0, 0.1) is 11.6 Å². The molecule has 34 heavy (non-hydrogen) atoms. The molecule has 0 atom stereocenters. The maximum absolute atomic E-state index is 14.5. The van der Waals surface area contributed by atoms with Gasteiger partial charge in [-0.25, -0.2) is 8.78 Å². The van der Waals surface area contributed by atoms with E-state index in [1.165, 1.54) is 18.2 Å². The minimum absolute atomic E-state index is 0.00866. The van der Waals surface area contributed by atoms with Crippen molar-refractivity contribution >= 4 is 21.9 Å². The monoisotopic (exact) mass is 455 g/mol. The fourth-order valence-corrected chi connectivity index (χ4v) is 4.32. The largest absolute Gasteiger partial charge is 0.476 e. The van der Waals surface area contributed by atoms with Gasteiger partial charge in [-0.05, 0) is 43.3 Å². The van der Waals surface area contributed by atoms with Crippen LogP contribution in [0.4, 0.5) is 8.78 Å². The van der Waals surface area contributed by atoms with Crippen LogP contribution in [-0.2, 0) is 6.54 Å². The van der Waals surface area contributed by atoms with Crippen LogP contribution < -0.4 is 4.74 Å². The van der Waals surface area contributed by atoms with Gasteiger partial charge in [-0.2, -0.15) is 0 Å². The number of pyridine rings is 1. The molecular weight excluding hydrogens is 436 g/mol. The zero-order chi connectivity index (χ0) is 23.2. The van der Waals surface area contributed by atoms with E-state index in [-0.39, 0.29) is 12.1 Å². The fraction of sp³-hybridized carbons (Fsp3) is 0.111. The molecule has 0 spiro atoms. The Kier molecular flexibility index (Phi) is 4.76. The average Bonchev–Trinajstić information content (AvgIpc) is 3.46. The summed E-state index contributed by atoms with van der Waals surface area (Å²) in [5.41, 5.74) is 3.71. The summed E-state index contributed by atoms with van der Waals surface area (Å²) < 4.78 is 42.6. The van der Waals surface area contributed by atoms with E-state index < -0.39 is 11.6 Å². The highest BCUT2D eigenvalue weighted by molar-refractivity contribution is 5.97. The summed E-state index contributed by atoms with van der Waals surface area (Å²) in [5.74, 6) is -0.102. The molecule has 0 saturated carbocycles. The smallest absolute Gasteiger partial charge is 0.244 e. The molecule has 7 heteroatoms. The quantitative estimate of drug-likeness (QED) is 0.291. The second kappa shape index (κ2) is 7.95. The minimum Gasteiger partial charge on any atom is -0.476 e. The number of rotatable bonds is 5. The van der Waals surface area contributed by atoms with Crippen molar-refractivity contribution in [2.75, 3.05) is 6.61 Å².